The van der Waals surface area contributed by atoms with E-state index in [9.17, 15) is 18.0 Å². The fourth-order valence-corrected chi connectivity index (χ4v) is 3.39. The number of benzene rings is 1. The van der Waals surface area contributed by atoms with Gasteiger partial charge in [-0.25, -0.2) is 4.98 Å². The van der Waals surface area contributed by atoms with Gasteiger partial charge in [-0.3, -0.25) is 9.69 Å². The van der Waals surface area contributed by atoms with Crippen molar-refractivity contribution in [2.24, 2.45) is 0 Å². The Labute approximate surface area is 179 Å². The Kier molecular flexibility index (Phi) is 6.99. The zero-order valence-electron chi connectivity index (χ0n) is 17.9. The summed E-state index contributed by atoms with van der Waals surface area (Å²) in [6.07, 6.45) is -3.72. The van der Waals surface area contributed by atoms with Crippen LogP contribution >= 0.6 is 0 Å². The van der Waals surface area contributed by atoms with Crippen molar-refractivity contribution < 1.29 is 18.0 Å². The molecule has 31 heavy (non-hydrogen) atoms. The zero-order valence-corrected chi connectivity index (χ0v) is 17.9. The Morgan fingerprint density at radius 1 is 1.13 bits per heavy atom. The molecule has 168 valence electrons. The molecule has 1 saturated heterocycles. The van der Waals surface area contributed by atoms with Gasteiger partial charge < -0.3 is 15.1 Å². The summed E-state index contributed by atoms with van der Waals surface area (Å²) in [7, 11) is 3.28. The standard InChI is InChI=1S/C21H27F3N6O/c1-4-15-7-5-6-8-16(15)25-19(31)14-29-9-11-30(12-10-29)20-26-17(21(22,23)24)13-18(27-20)28(2)3/h5-8,13H,4,9-12,14H2,1-3H3,(H,25,31). The molecule has 3 rings (SSSR count). The largest absolute Gasteiger partial charge is 0.433 e. The number of amides is 1. The quantitative estimate of drug-likeness (QED) is 0.751. The number of aromatic nitrogens is 2. The minimum absolute atomic E-state index is 0.0551. The Bertz CT molecular complexity index is 910. The van der Waals surface area contributed by atoms with Crippen molar-refractivity contribution in [3.63, 3.8) is 0 Å². The van der Waals surface area contributed by atoms with Crippen molar-refractivity contribution in [3.05, 3.63) is 41.6 Å². The molecule has 2 heterocycles. The third-order valence-electron chi connectivity index (χ3n) is 5.14. The molecule has 7 nitrogen and oxygen atoms in total. The van der Waals surface area contributed by atoms with Crippen LogP contribution in [-0.2, 0) is 17.4 Å². The predicted molar refractivity (Wildman–Crippen MR) is 114 cm³/mol. The van der Waals surface area contributed by atoms with Gasteiger partial charge in [0.1, 0.15) is 5.82 Å². The number of hydrogen-bond acceptors (Lipinski definition) is 6. The van der Waals surface area contributed by atoms with Crippen LogP contribution in [0, 0.1) is 0 Å². The summed E-state index contributed by atoms with van der Waals surface area (Å²) in [5.41, 5.74) is 0.916. The summed E-state index contributed by atoms with van der Waals surface area (Å²) >= 11 is 0. The lowest BCUT2D eigenvalue weighted by Crippen LogP contribution is -2.49. The first-order valence-electron chi connectivity index (χ1n) is 10.2. The molecular weight excluding hydrogens is 409 g/mol. The average molecular weight is 436 g/mol. The van der Waals surface area contributed by atoms with Gasteiger partial charge in [0.25, 0.3) is 0 Å². The van der Waals surface area contributed by atoms with Crippen LogP contribution in [0.5, 0.6) is 0 Å². The second-order valence-electron chi connectivity index (χ2n) is 7.63. The molecule has 1 fully saturated rings. The maximum Gasteiger partial charge on any atom is 0.433 e. The minimum atomic E-state index is -4.54. The van der Waals surface area contributed by atoms with Gasteiger partial charge >= 0.3 is 6.18 Å². The van der Waals surface area contributed by atoms with Crippen molar-refractivity contribution in [3.8, 4) is 0 Å². The molecule has 1 aliphatic heterocycles. The van der Waals surface area contributed by atoms with Crippen LogP contribution < -0.4 is 15.1 Å². The Hall–Kier alpha value is -2.88. The molecule has 0 radical (unpaired) electrons. The highest BCUT2D eigenvalue weighted by atomic mass is 19.4. The van der Waals surface area contributed by atoms with E-state index in [0.29, 0.717) is 26.2 Å². The number of hydrogen-bond donors (Lipinski definition) is 1. The van der Waals surface area contributed by atoms with Gasteiger partial charge in [0.05, 0.1) is 6.54 Å². The van der Waals surface area contributed by atoms with Gasteiger partial charge in [0.2, 0.25) is 11.9 Å². The highest BCUT2D eigenvalue weighted by Gasteiger charge is 2.35. The van der Waals surface area contributed by atoms with Crippen LogP contribution in [-0.4, -0.2) is 67.6 Å². The van der Waals surface area contributed by atoms with E-state index in [-0.39, 0.29) is 24.2 Å². The minimum Gasteiger partial charge on any atom is -0.363 e. The van der Waals surface area contributed by atoms with Crippen molar-refractivity contribution in [1.82, 2.24) is 14.9 Å². The second kappa shape index (κ2) is 9.51. The third-order valence-corrected chi connectivity index (χ3v) is 5.14. The fraction of sp³-hybridized carbons (Fsp3) is 0.476. The molecule has 1 aromatic heterocycles. The van der Waals surface area contributed by atoms with E-state index in [1.54, 1.807) is 19.0 Å². The van der Waals surface area contributed by atoms with Gasteiger partial charge in [-0.15, -0.1) is 0 Å². The molecular formula is C21H27F3N6O. The van der Waals surface area contributed by atoms with E-state index in [1.807, 2.05) is 36.1 Å². The Morgan fingerprint density at radius 3 is 2.42 bits per heavy atom. The summed E-state index contributed by atoms with van der Waals surface area (Å²) in [4.78, 5) is 25.7. The highest BCUT2D eigenvalue weighted by molar-refractivity contribution is 5.93. The predicted octanol–water partition coefficient (Wildman–Crippen LogP) is 2.88. The summed E-state index contributed by atoms with van der Waals surface area (Å²) in [5.74, 6) is 0.146. The number of anilines is 3. The number of carbonyl (C=O) groups is 1. The lowest BCUT2D eigenvalue weighted by Gasteiger charge is -2.34. The molecule has 1 amide bonds. The molecule has 0 spiro atoms. The number of rotatable bonds is 6. The number of alkyl halides is 3. The number of halogens is 3. The number of nitrogens with one attached hydrogen (secondary N) is 1. The van der Waals surface area contributed by atoms with Gasteiger partial charge in [-0.2, -0.15) is 18.2 Å². The number of carbonyl (C=O) groups excluding carboxylic acids is 1. The Balaban J connectivity index is 1.62. The smallest absolute Gasteiger partial charge is 0.363 e. The average Bonchev–Trinajstić information content (AvgIpc) is 2.73. The zero-order chi connectivity index (χ0) is 22.6. The first-order chi connectivity index (χ1) is 14.7. The maximum atomic E-state index is 13.2. The van der Waals surface area contributed by atoms with E-state index >= 15 is 0 Å². The molecule has 1 N–H and O–H groups in total. The van der Waals surface area contributed by atoms with Crippen LogP contribution in [0.15, 0.2) is 30.3 Å². The molecule has 0 atom stereocenters. The van der Waals surface area contributed by atoms with Gasteiger partial charge in [0, 0.05) is 52.0 Å². The van der Waals surface area contributed by atoms with Crippen molar-refractivity contribution >= 4 is 23.4 Å². The highest BCUT2D eigenvalue weighted by Crippen LogP contribution is 2.31. The van der Waals surface area contributed by atoms with E-state index < -0.39 is 11.9 Å². The monoisotopic (exact) mass is 436 g/mol. The molecule has 0 unspecified atom stereocenters. The summed E-state index contributed by atoms with van der Waals surface area (Å²) in [6, 6.07) is 8.61. The Morgan fingerprint density at radius 2 is 1.81 bits per heavy atom. The van der Waals surface area contributed by atoms with Crippen LogP contribution in [0.3, 0.4) is 0 Å². The molecule has 0 saturated carbocycles. The maximum absolute atomic E-state index is 13.2. The summed E-state index contributed by atoms with van der Waals surface area (Å²) < 4.78 is 39.7. The number of nitrogens with zero attached hydrogens (tertiary/aromatic N) is 5. The first-order valence-corrected chi connectivity index (χ1v) is 10.2. The molecule has 10 heteroatoms. The topological polar surface area (TPSA) is 64.6 Å². The summed E-state index contributed by atoms with van der Waals surface area (Å²) in [5, 5.41) is 2.95. The van der Waals surface area contributed by atoms with Crippen molar-refractivity contribution in [2.45, 2.75) is 19.5 Å². The second-order valence-corrected chi connectivity index (χ2v) is 7.63. The lowest BCUT2D eigenvalue weighted by atomic mass is 10.1. The first kappa shape index (κ1) is 22.8. The van der Waals surface area contributed by atoms with Gasteiger partial charge in [-0.1, -0.05) is 25.1 Å². The number of piperazine rings is 1. The normalized spacial score (nSPS) is 15.1. The number of para-hydroxylation sites is 1. The molecule has 1 aromatic carbocycles. The van der Waals surface area contributed by atoms with E-state index in [4.69, 9.17) is 0 Å². The van der Waals surface area contributed by atoms with Crippen molar-refractivity contribution in [1.29, 1.82) is 0 Å². The molecule has 2 aromatic rings. The van der Waals surface area contributed by atoms with Crippen LogP contribution in [0.25, 0.3) is 0 Å². The van der Waals surface area contributed by atoms with Crippen LogP contribution in [0.4, 0.5) is 30.6 Å². The lowest BCUT2D eigenvalue weighted by molar-refractivity contribution is -0.141. The van der Waals surface area contributed by atoms with E-state index in [0.717, 1.165) is 23.7 Å². The summed E-state index contributed by atoms with van der Waals surface area (Å²) in [6.45, 7) is 4.18. The van der Waals surface area contributed by atoms with E-state index in [1.165, 1.54) is 4.90 Å². The van der Waals surface area contributed by atoms with Gasteiger partial charge in [0.15, 0.2) is 5.69 Å². The SMILES string of the molecule is CCc1ccccc1NC(=O)CN1CCN(c2nc(N(C)C)cc(C(F)(F)F)n2)CC1. The van der Waals surface area contributed by atoms with Crippen LogP contribution in [0.1, 0.15) is 18.2 Å². The molecule has 1 aliphatic rings. The van der Waals surface area contributed by atoms with Crippen LogP contribution in [0.2, 0.25) is 0 Å². The third kappa shape index (κ3) is 5.84. The fourth-order valence-electron chi connectivity index (χ4n) is 3.39. The number of aryl methyl sites for hydroxylation is 1. The molecule has 0 bridgehead atoms. The van der Waals surface area contributed by atoms with Crippen molar-refractivity contribution in [2.75, 3.05) is 61.9 Å². The van der Waals surface area contributed by atoms with E-state index in [2.05, 4.69) is 15.3 Å². The van der Waals surface area contributed by atoms with Gasteiger partial charge in [-0.05, 0) is 18.1 Å². The molecule has 0 aliphatic carbocycles.